The van der Waals surface area contributed by atoms with Crippen LogP contribution in [0.15, 0.2) is 42.5 Å². The van der Waals surface area contributed by atoms with Crippen LogP contribution in [0.5, 0.6) is 5.75 Å². The number of carbonyl (C=O) groups excluding carboxylic acids is 2. The van der Waals surface area contributed by atoms with Crippen molar-refractivity contribution in [2.75, 3.05) is 19.1 Å². The van der Waals surface area contributed by atoms with Gasteiger partial charge >= 0.3 is 12.1 Å². The number of methoxy groups -OCH3 is 1. The van der Waals surface area contributed by atoms with Gasteiger partial charge in [-0.2, -0.15) is 13.2 Å². The minimum Gasteiger partial charge on any atom is -0.486 e. The maximum Gasteiger partial charge on any atom is 0.416 e. The second-order valence-corrected chi connectivity index (χ2v) is 6.12. The molecule has 0 heterocycles. The van der Waals surface area contributed by atoms with Crippen molar-refractivity contribution >= 4 is 17.6 Å². The molecule has 0 N–H and O–H groups in total. The molecular weight excluding hydrogens is 375 g/mol. The molecule has 0 radical (unpaired) electrons. The first kappa shape index (κ1) is 21.3. The number of hydrogen-bond donors (Lipinski definition) is 0. The lowest BCUT2D eigenvalue weighted by molar-refractivity contribution is -0.137. The van der Waals surface area contributed by atoms with Crippen LogP contribution in [-0.4, -0.2) is 26.0 Å². The lowest BCUT2D eigenvalue weighted by Crippen LogP contribution is -2.22. The number of halogens is 3. The zero-order valence-electron chi connectivity index (χ0n) is 15.8. The van der Waals surface area contributed by atoms with Crippen molar-refractivity contribution < 1.29 is 32.2 Å². The van der Waals surface area contributed by atoms with Gasteiger partial charge in [0, 0.05) is 25.2 Å². The Balaban J connectivity index is 2.29. The molecule has 0 saturated heterocycles. The van der Waals surface area contributed by atoms with E-state index >= 15 is 0 Å². The topological polar surface area (TPSA) is 55.8 Å². The molecule has 0 saturated carbocycles. The molecule has 2 rings (SSSR count). The summed E-state index contributed by atoms with van der Waals surface area (Å²) >= 11 is 0. The molecule has 1 unspecified atom stereocenters. The van der Waals surface area contributed by atoms with Crippen molar-refractivity contribution in [1.82, 2.24) is 0 Å². The number of amides is 1. The first-order valence-corrected chi connectivity index (χ1v) is 8.35. The summed E-state index contributed by atoms with van der Waals surface area (Å²) in [4.78, 5) is 24.8. The highest BCUT2D eigenvalue weighted by atomic mass is 19.4. The van der Waals surface area contributed by atoms with Crippen LogP contribution in [0.3, 0.4) is 0 Å². The van der Waals surface area contributed by atoms with Gasteiger partial charge in [-0.25, -0.2) is 4.79 Å². The van der Waals surface area contributed by atoms with Gasteiger partial charge in [-0.1, -0.05) is 6.07 Å². The molecule has 0 bridgehead atoms. The summed E-state index contributed by atoms with van der Waals surface area (Å²) in [5, 5.41) is 0. The fourth-order valence-corrected chi connectivity index (χ4v) is 2.57. The van der Waals surface area contributed by atoms with E-state index in [4.69, 9.17) is 4.74 Å². The third-order valence-electron chi connectivity index (χ3n) is 4.23. The summed E-state index contributed by atoms with van der Waals surface area (Å²) in [6.45, 7) is 3.05. The molecule has 0 fully saturated rings. The largest absolute Gasteiger partial charge is 0.486 e. The monoisotopic (exact) mass is 395 g/mol. The third-order valence-corrected chi connectivity index (χ3v) is 4.23. The smallest absolute Gasteiger partial charge is 0.416 e. The molecule has 150 valence electrons. The highest BCUT2D eigenvalue weighted by Crippen LogP contribution is 2.33. The van der Waals surface area contributed by atoms with E-state index in [9.17, 15) is 22.8 Å². The normalized spacial score (nSPS) is 12.2. The van der Waals surface area contributed by atoms with Crippen LogP contribution in [0.1, 0.15) is 41.4 Å². The van der Waals surface area contributed by atoms with Gasteiger partial charge in [-0.3, -0.25) is 4.79 Å². The minimum atomic E-state index is -4.58. The van der Waals surface area contributed by atoms with Gasteiger partial charge in [0.1, 0.15) is 11.9 Å². The van der Waals surface area contributed by atoms with E-state index in [1.807, 2.05) is 0 Å². The van der Waals surface area contributed by atoms with Crippen LogP contribution in [0.25, 0.3) is 0 Å². The second-order valence-electron chi connectivity index (χ2n) is 6.12. The first-order valence-electron chi connectivity index (χ1n) is 8.35. The van der Waals surface area contributed by atoms with Crippen LogP contribution >= 0.6 is 0 Å². The molecular formula is C20H20F3NO4. The van der Waals surface area contributed by atoms with Crippen LogP contribution < -0.4 is 9.64 Å². The van der Waals surface area contributed by atoms with Gasteiger partial charge < -0.3 is 14.4 Å². The van der Waals surface area contributed by atoms with Crippen molar-refractivity contribution in [2.24, 2.45) is 0 Å². The van der Waals surface area contributed by atoms with E-state index in [-0.39, 0.29) is 17.0 Å². The number of alkyl halides is 3. The van der Waals surface area contributed by atoms with Gasteiger partial charge in [0.15, 0.2) is 0 Å². The quantitative estimate of drug-likeness (QED) is 0.694. The molecule has 1 atom stereocenters. The Bertz CT molecular complexity index is 863. The van der Waals surface area contributed by atoms with Crippen molar-refractivity contribution in [3.63, 3.8) is 0 Å². The average molecular weight is 395 g/mol. The van der Waals surface area contributed by atoms with Crippen molar-refractivity contribution in [2.45, 2.75) is 26.1 Å². The van der Waals surface area contributed by atoms with E-state index in [2.05, 4.69) is 4.74 Å². The number of esters is 1. The number of anilines is 1. The third kappa shape index (κ3) is 4.82. The van der Waals surface area contributed by atoms with Crippen LogP contribution in [0, 0.1) is 0 Å². The Morgan fingerprint density at radius 2 is 1.68 bits per heavy atom. The van der Waals surface area contributed by atoms with Crippen molar-refractivity contribution in [3.05, 3.63) is 59.2 Å². The van der Waals surface area contributed by atoms with E-state index in [0.717, 1.165) is 19.2 Å². The zero-order chi connectivity index (χ0) is 21.1. The summed E-state index contributed by atoms with van der Waals surface area (Å²) in [7, 11) is 2.73. The Morgan fingerprint density at radius 1 is 1.07 bits per heavy atom. The lowest BCUT2D eigenvalue weighted by Gasteiger charge is -2.20. The Kier molecular flexibility index (Phi) is 6.33. The molecule has 5 nitrogen and oxygen atoms in total. The van der Waals surface area contributed by atoms with E-state index < -0.39 is 23.8 Å². The molecule has 8 heteroatoms. The average Bonchev–Trinajstić information content (AvgIpc) is 2.66. The van der Waals surface area contributed by atoms with Crippen LogP contribution in [-0.2, 0) is 15.7 Å². The van der Waals surface area contributed by atoms with Crippen molar-refractivity contribution in [3.8, 4) is 5.75 Å². The van der Waals surface area contributed by atoms with Gasteiger partial charge in [0.05, 0.1) is 18.2 Å². The molecule has 28 heavy (non-hydrogen) atoms. The summed E-state index contributed by atoms with van der Waals surface area (Å²) < 4.78 is 49.3. The summed E-state index contributed by atoms with van der Waals surface area (Å²) in [6.07, 6.45) is -5.29. The molecule has 0 aromatic heterocycles. The standard InChI is InChI=1S/C20H20F3NO4/c1-12(28-16-8-6-15(7-9-16)24(3)13(2)25)17-10-5-14(20(21,22)23)11-18(17)19(26)27-4/h5-12H,1-4H3. The number of nitrogens with zero attached hydrogens (tertiary/aromatic N) is 1. The molecule has 0 spiro atoms. The highest BCUT2D eigenvalue weighted by molar-refractivity contribution is 5.91. The van der Waals surface area contributed by atoms with Gasteiger partial charge in [-0.05, 0) is 43.3 Å². The van der Waals surface area contributed by atoms with Gasteiger partial charge in [0.25, 0.3) is 0 Å². The predicted molar refractivity (Wildman–Crippen MR) is 97.4 cm³/mol. The number of benzene rings is 2. The van der Waals surface area contributed by atoms with E-state index in [0.29, 0.717) is 11.4 Å². The fourth-order valence-electron chi connectivity index (χ4n) is 2.57. The number of rotatable bonds is 5. The number of carbonyl (C=O) groups is 2. The number of hydrogen-bond acceptors (Lipinski definition) is 4. The summed E-state index contributed by atoms with van der Waals surface area (Å²) in [5.74, 6) is -0.576. The summed E-state index contributed by atoms with van der Waals surface area (Å²) in [6, 6.07) is 9.48. The van der Waals surface area contributed by atoms with Gasteiger partial charge in [-0.15, -0.1) is 0 Å². The van der Waals surface area contributed by atoms with Crippen LogP contribution in [0.4, 0.5) is 18.9 Å². The van der Waals surface area contributed by atoms with Crippen LogP contribution in [0.2, 0.25) is 0 Å². The molecule has 2 aromatic rings. The highest BCUT2D eigenvalue weighted by Gasteiger charge is 2.32. The summed E-state index contributed by atoms with van der Waals surface area (Å²) in [5.41, 5.74) is -0.222. The minimum absolute atomic E-state index is 0.130. The molecule has 0 aliphatic heterocycles. The van der Waals surface area contributed by atoms with E-state index in [1.54, 1.807) is 38.2 Å². The molecule has 0 aliphatic rings. The molecule has 2 aromatic carbocycles. The maximum absolute atomic E-state index is 13.0. The first-order chi connectivity index (χ1) is 13.0. The Morgan fingerprint density at radius 3 is 2.18 bits per heavy atom. The molecule has 1 amide bonds. The zero-order valence-corrected chi connectivity index (χ0v) is 15.8. The lowest BCUT2D eigenvalue weighted by atomic mass is 10.00. The van der Waals surface area contributed by atoms with Crippen molar-refractivity contribution in [1.29, 1.82) is 0 Å². The number of ether oxygens (including phenoxy) is 2. The Hall–Kier alpha value is -3.03. The Labute approximate surface area is 160 Å². The fraction of sp³-hybridized carbons (Fsp3) is 0.300. The van der Waals surface area contributed by atoms with Gasteiger partial charge in [0.2, 0.25) is 5.91 Å². The van der Waals surface area contributed by atoms with E-state index in [1.165, 1.54) is 17.9 Å². The maximum atomic E-state index is 13.0. The molecule has 0 aliphatic carbocycles. The predicted octanol–water partition coefficient (Wildman–Crippen LogP) is 4.61. The second kappa shape index (κ2) is 8.33. The SMILES string of the molecule is COC(=O)c1cc(C(F)(F)F)ccc1C(C)Oc1ccc(N(C)C(C)=O)cc1.